The van der Waals surface area contributed by atoms with E-state index < -0.39 is 0 Å². The van der Waals surface area contributed by atoms with Crippen LogP contribution in [0, 0.1) is 0 Å². The number of rotatable bonds is 7. The lowest BCUT2D eigenvalue weighted by Gasteiger charge is -2.14. The summed E-state index contributed by atoms with van der Waals surface area (Å²) in [6, 6.07) is 9.56. The molecule has 2 saturated carbocycles. The average molecular weight is 259 g/mol. The maximum atomic E-state index is 6.05. The van der Waals surface area contributed by atoms with Gasteiger partial charge < -0.3 is 10.1 Å². The van der Waals surface area contributed by atoms with Gasteiger partial charge in [-0.25, -0.2) is 0 Å². The molecule has 0 aliphatic heterocycles. The summed E-state index contributed by atoms with van der Waals surface area (Å²) in [5.74, 6) is 0. The molecule has 2 nitrogen and oxygen atoms in total. The predicted molar refractivity (Wildman–Crippen MR) is 78.2 cm³/mol. The Bertz CT molecular complexity index is 394. The van der Waals surface area contributed by atoms with E-state index in [4.69, 9.17) is 4.74 Å². The van der Waals surface area contributed by atoms with Crippen molar-refractivity contribution < 1.29 is 4.74 Å². The monoisotopic (exact) mass is 259 g/mol. The molecule has 0 atom stereocenters. The van der Waals surface area contributed by atoms with E-state index in [1.165, 1.54) is 49.7 Å². The van der Waals surface area contributed by atoms with E-state index in [1.54, 1.807) is 0 Å². The van der Waals surface area contributed by atoms with Crippen molar-refractivity contribution in [3.8, 4) is 0 Å². The number of nitrogens with one attached hydrogen (secondary N) is 1. The maximum Gasteiger partial charge on any atom is 0.0723 e. The summed E-state index contributed by atoms with van der Waals surface area (Å²) < 4.78 is 6.05. The van der Waals surface area contributed by atoms with Crippen LogP contribution in [0.2, 0.25) is 0 Å². The van der Waals surface area contributed by atoms with E-state index in [0.29, 0.717) is 6.10 Å². The second-order valence-corrected chi connectivity index (χ2v) is 5.96. The van der Waals surface area contributed by atoms with Crippen LogP contribution in [0.25, 0.3) is 0 Å². The minimum absolute atomic E-state index is 0.512. The summed E-state index contributed by atoms with van der Waals surface area (Å²) in [7, 11) is 0. The molecule has 0 aromatic heterocycles. The van der Waals surface area contributed by atoms with Crippen molar-refractivity contribution in [1.29, 1.82) is 0 Å². The third-order valence-electron chi connectivity index (χ3n) is 4.30. The molecule has 3 rings (SSSR count). The Morgan fingerprint density at radius 3 is 2.47 bits per heavy atom. The zero-order valence-electron chi connectivity index (χ0n) is 11.7. The Hall–Kier alpha value is -0.860. The molecule has 1 aromatic rings. The van der Waals surface area contributed by atoms with Crippen molar-refractivity contribution in [3.05, 3.63) is 35.4 Å². The van der Waals surface area contributed by atoms with E-state index in [1.807, 2.05) is 0 Å². The normalized spacial score (nSPS) is 20.0. The van der Waals surface area contributed by atoms with Gasteiger partial charge in [-0.15, -0.1) is 0 Å². The van der Waals surface area contributed by atoms with Gasteiger partial charge in [0.25, 0.3) is 0 Å². The smallest absolute Gasteiger partial charge is 0.0723 e. The molecule has 2 aliphatic rings. The van der Waals surface area contributed by atoms with Crippen molar-refractivity contribution in [2.45, 2.75) is 63.7 Å². The van der Waals surface area contributed by atoms with Gasteiger partial charge in [-0.3, -0.25) is 0 Å². The van der Waals surface area contributed by atoms with Crippen LogP contribution in [0.4, 0.5) is 0 Å². The van der Waals surface area contributed by atoms with Crippen LogP contribution in [0.5, 0.6) is 0 Å². The van der Waals surface area contributed by atoms with Gasteiger partial charge in [0.15, 0.2) is 0 Å². The number of hydrogen-bond acceptors (Lipinski definition) is 2. The molecule has 0 unspecified atom stereocenters. The Balaban J connectivity index is 1.50. The molecule has 2 heteroatoms. The summed E-state index contributed by atoms with van der Waals surface area (Å²) in [5.41, 5.74) is 2.83. The third-order valence-corrected chi connectivity index (χ3v) is 4.30. The van der Waals surface area contributed by atoms with Gasteiger partial charge in [-0.2, -0.15) is 0 Å². The molecule has 0 spiro atoms. The lowest BCUT2D eigenvalue weighted by molar-refractivity contribution is 0.0453. The van der Waals surface area contributed by atoms with Crippen LogP contribution in [-0.4, -0.2) is 18.7 Å². The van der Waals surface area contributed by atoms with Gasteiger partial charge in [-0.05, 0) is 49.8 Å². The topological polar surface area (TPSA) is 21.3 Å². The Kier molecular flexibility index (Phi) is 4.52. The van der Waals surface area contributed by atoms with Crippen molar-refractivity contribution >= 4 is 0 Å². The lowest BCUT2D eigenvalue weighted by atomic mass is 10.1. The molecule has 0 saturated heterocycles. The fraction of sp³-hybridized carbons (Fsp3) is 0.647. The molecular weight excluding hydrogens is 234 g/mol. The highest BCUT2D eigenvalue weighted by Gasteiger charge is 2.20. The van der Waals surface area contributed by atoms with E-state index in [-0.39, 0.29) is 0 Å². The molecule has 2 aliphatic carbocycles. The molecule has 0 amide bonds. The van der Waals surface area contributed by atoms with Crippen LogP contribution in [0.3, 0.4) is 0 Å². The van der Waals surface area contributed by atoms with Crippen LogP contribution in [-0.2, 0) is 17.8 Å². The first-order valence-electron chi connectivity index (χ1n) is 7.83. The molecule has 1 N–H and O–H groups in total. The maximum absolute atomic E-state index is 6.05. The number of benzene rings is 1. The van der Waals surface area contributed by atoms with E-state index in [9.17, 15) is 0 Å². The summed E-state index contributed by atoms with van der Waals surface area (Å²) in [5, 5.41) is 3.59. The minimum Gasteiger partial charge on any atom is -0.374 e. The molecule has 104 valence electrons. The first-order valence-corrected chi connectivity index (χ1v) is 7.83. The Morgan fingerprint density at radius 2 is 1.74 bits per heavy atom. The summed E-state index contributed by atoms with van der Waals surface area (Å²) in [4.78, 5) is 0. The van der Waals surface area contributed by atoms with Crippen LogP contribution >= 0.6 is 0 Å². The highest BCUT2D eigenvalue weighted by Crippen LogP contribution is 2.23. The average Bonchev–Trinajstić information content (AvgIpc) is 3.11. The molecule has 19 heavy (non-hydrogen) atoms. The molecule has 0 bridgehead atoms. The second-order valence-electron chi connectivity index (χ2n) is 5.96. The predicted octanol–water partition coefficient (Wildman–Crippen LogP) is 3.44. The van der Waals surface area contributed by atoms with Crippen LogP contribution < -0.4 is 5.32 Å². The summed E-state index contributed by atoms with van der Waals surface area (Å²) in [6.45, 7) is 1.90. The second kappa shape index (κ2) is 6.53. The Morgan fingerprint density at radius 1 is 1.00 bits per heavy atom. The molecule has 0 heterocycles. The van der Waals surface area contributed by atoms with Gasteiger partial charge in [0, 0.05) is 6.04 Å². The van der Waals surface area contributed by atoms with Crippen molar-refractivity contribution in [2.75, 3.05) is 6.54 Å². The fourth-order valence-electron chi connectivity index (χ4n) is 2.90. The van der Waals surface area contributed by atoms with Crippen LogP contribution in [0.1, 0.15) is 49.7 Å². The summed E-state index contributed by atoms with van der Waals surface area (Å²) in [6.07, 6.45) is 9.57. The zero-order chi connectivity index (χ0) is 12.9. The molecule has 0 radical (unpaired) electrons. The van der Waals surface area contributed by atoms with E-state index >= 15 is 0 Å². The highest BCUT2D eigenvalue weighted by molar-refractivity contribution is 5.26. The highest BCUT2D eigenvalue weighted by atomic mass is 16.5. The molecular formula is C17H25NO. The first kappa shape index (κ1) is 13.1. The van der Waals surface area contributed by atoms with Gasteiger partial charge in [0.2, 0.25) is 0 Å². The number of hydrogen-bond donors (Lipinski definition) is 1. The molecule has 1 aromatic carbocycles. The molecule has 2 fully saturated rings. The third kappa shape index (κ3) is 4.05. The largest absolute Gasteiger partial charge is 0.374 e. The quantitative estimate of drug-likeness (QED) is 0.810. The first-order chi connectivity index (χ1) is 9.42. The van der Waals surface area contributed by atoms with Gasteiger partial charge in [0.1, 0.15) is 0 Å². The van der Waals surface area contributed by atoms with Crippen LogP contribution in [0.15, 0.2) is 24.3 Å². The van der Waals surface area contributed by atoms with E-state index in [0.717, 1.165) is 25.6 Å². The van der Waals surface area contributed by atoms with Gasteiger partial charge in [-0.1, -0.05) is 37.1 Å². The Labute approximate surface area is 116 Å². The number of ether oxygens (including phenoxy) is 1. The lowest BCUT2D eigenvalue weighted by Crippen LogP contribution is -2.20. The fourth-order valence-corrected chi connectivity index (χ4v) is 2.90. The SMILES string of the molecule is c1ccc(COC2CCCC2)c(CCNC2CC2)c1. The minimum atomic E-state index is 0.512. The summed E-state index contributed by atoms with van der Waals surface area (Å²) >= 11 is 0. The van der Waals surface area contributed by atoms with Crippen molar-refractivity contribution in [2.24, 2.45) is 0 Å². The standard InChI is InChI=1S/C17H25NO/c1-2-6-15(13-19-17-7-3-4-8-17)14(5-1)11-12-18-16-9-10-16/h1-2,5-6,16-18H,3-4,7-13H2. The van der Waals surface area contributed by atoms with Gasteiger partial charge >= 0.3 is 0 Å². The van der Waals surface area contributed by atoms with Crippen molar-refractivity contribution in [3.63, 3.8) is 0 Å². The van der Waals surface area contributed by atoms with Crippen molar-refractivity contribution in [1.82, 2.24) is 5.32 Å². The van der Waals surface area contributed by atoms with Gasteiger partial charge in [0.05, 0.1) is 12.7 Å². The zero-order valence-corrected chi connectivity index (χ0v) is 11.7. The van der Waals surface area contributed by atoms with E-state index in [2.05, 4.69) is 29.6 Å².